The van der Waals surface area contributed by atoms with Crippen LogP contribution in [0.1, 0.15) is 18.1 Å². The molecule has 2 aromatic rings. The van der Waals surface area contributed by atoms with E-state index in [0.717, 1.165) is 16.9 Å². The Bertz CT molecular complexity index is 875. The predicted molar refractivity (Wildman–Crippen MR) is 92.8 cm³/mol. The average molecular weight is 336 g/mol. The van der Waals surface area contributed by atoms with E-state index in [1.807, 2.05) is 18.2 Å². The van der Waals surface area contributed by atoms with Gasteiger partial charge >= 0.3 is 11.9 Å². The molecule has 0 aromatic heterocycles. The lowest BCUT2D eigenvalue weighted by Crippen LogP contribution is -2.01. The van der Waals surface area contributed by atoms with Crippen molar-refractivity contribution in [3.63, 3.8) is 0 Å². The monoisotopic (exact) mass is 336 g/mol. The molecular weight excluding hydrogens is 320 g/mol. The van der Waals surface area contributed by atoms with Gasteiger partial charge in [-0.2, -0.15) is 0 Å². The Balaban J connectivity index is 1.86. The van der Waals surface area contributed by atoms with E-state index in [4.69, 9.17) is 14.2 Å². The van der Waals surface area contributed by atoms with Crippen LogP contribution in [0.3, 0.4) is 0 Å². The van der Waals surface area contributed by atoms with E-state index >= 15 is 0 Å². The van der Waals surface area contributed by atoms with Gasteiger partial charge in [0, 0.05) is 12.5 Å². The minimum absolute atomic E-state index is 0.397. The second-order valence-electron chi connectivity index (χ2n) is 5.39. The van der Waals surface area contributed by atoms with Crippen LogP contribution in [0.4, 0.5) is 0 Å². The van der Waals surface area contributed by atoms with Crippen molar-refractivity contribution < 1.29 is 23.8 Å². The summed E-state index contributed by atoms with van der Waals surface area (Å²) in [6, 6.07) is 14.2. The van der Waals surface area contributed by atoms with Gasteiger partial charge in [-0.3, -0.25) is 4.79 Å². The Kier molecular flexibility index (Phi) is 4.66. The van der Waals surface area contributed by atoms with Gasteiger partial charge in [-0.25, -0.2) is 4.79 Å². The van der Waals surface area contributed by atoms with Crippen LogP contribution in [0.15, 0.2) is 60.2 Å². The van der Waals surface area contributed by atoms with Gasteiger partial charge in [0.25, 0.3) is 0 Å². The fourth-order valence-corrected chi connectivity index (χ4v) is 2.40. The third kappa shape index (κ3) is 3.95. The molecule has 126 valence electrons. The quantitative estimate of drug-likeness (QED) is 0.485. The number of ether oxygens (including phenoxy) is 3. The van der Waals surface area contributed by atoms with Crippen LogP contribution < -0.4 is 9.47 Å². The molecule has 0 atom stereocenters. The molecule has 0 amide bonds. The molecular formula is C20H16O5. The van der Waals surface area contributed by atoms with E-state index in [9.17, 15) is 9.59 Å². The summed E-state index contributed by atoms with van der Waals surface area (Å²) in [7, 11) is 1.59. The number of methoxy groups -OCH3 is 1. The van der Waals surface area contributed by atoms with Gasteiger partial charge in [0.2, 0.25) is 0 Å². The number of esters is 2. The molecule has 1 aliphatic heterocycles. The Hall–Kier alpha value is -3.34. The largest absolute Gasteiger partial charge is 0.497 e. The highest BCUT2D eigenvalue weighted by molar-refractivity contribution is 6.05. The smallest absolute Gasteiger partial charge is 0.343 e. The summed E-state index contributed by atoms with van der Waals surface area (Å²) in [5.74, 6) is 0.810. The summed E-state index contributed by atoms with van der Waals surface area (Å²) in [6.45, 7) is 1.34. The van der Waals surface area contributed by atoms with Crippen LogP contribution >= 0.6 is 0 Å². The standard InChI is InChI=1S/C20H16O5/c1-13(21)24-18-5-3-4-14(11-18)10-16-12-19(25-20(16)22)15-6-8-17(23-2)9-7-15/h3-12H,1-2H3/b16-10+. The molecule has 1 heterocycles. The summed E-state index contributed by atoms with van der Waals surface area (Å²) in [5.41, 5.74) is 1.94. The van der Waals surface area contributed by atoms with E-state index in [-0.39, 0.29) is 0 Å². The van der Waals surface area contributed by atoms with Crippen LogP contribution in [0.25, 0.3) is 11.8 Å². The molecule has 0 radical (unpaired) electrons. The minimum Gasteiger partial charge on any atom is -0.497 e. The van der Waals surface area contributed by atoms with Crippen LogP contribution in [0, 0.1) is 0 Å². The average Bonchev–Trinajstić information content (AvgIpc) is 2.95. The maximum Gasteiger partial charge on any atom is 0.343 e. The lowest BCUT2D eigenvalue weighted by Gasteiger charge is -2.03. The number of rotatable bonds is 4. The Morgan fingerprint density at radius 3 is 2.52 bits per heavy atom. The zero-order valence-electron chi connectivity index (χ0n) is 13.8. The molecule has 0 bridgehead atoms. The summed E-state index contributed by atoms with van der Waals surface area (Å²) in [5, 5.41) is 0. The Morgan fingerprint density at radius 2 is 1.84 bits per heavy atom. The molecule has 1 aliphatic rings. The van der Waals surface area contributed by atoms with Crippen molar-refractivity contribution in [1.29, 1.82) is 0 Å². The molecule has 3 rings (SSSR count). The normalized spacial score (nSPS) is 14.9. The molecule has 0 saturated carbocycles. The second kappa shape index (κ2) is 7.05. The van der Waals surface area contributed by atoms with Crippen molar-refractivity contribution in [2.24, 2.45) is 0 Å². The fraction of sp³-hybridized carbons (Fsp3) is 0.100. The zero-order valence-corrected chi connectivity index (χ0v) is 13.8. The number of benzene rings is 2. The van der Waals surface area contributed by atoms with Gasteiger partial charge < -0.3 is 14.2 Å². The van der Waals surface area contributed by atoms with Crippen molar-refractivity contribution in [3.05, 3.63) is 71.3 Å². The van der Waals surface area contributed by atoms with Crippen LogP contribution in [0.2, 0.25) is 0 Å². The summed E-state index contributed by atoms with van der Waals surface area (Å²) < 4.78 is 15.5. The first kappa shape index (κ1) is 16.5. The van der Waals surface area contributed by atoms with E-state index in [1.54, 1.807) is 49.6 Å². The molecule has 2 aromatic carbocycles. The first-order chi connectivity index (χ1) is 12.0. The first-order valence-corrected chi connectivity index (χ1v) is 7.63. The lowest BCUT2D eigenvalue weighted by atomic mass is 10.1. The molecule has 0 saturated heterocycles. The van der Waals surface area contributed by atoms with Crippen molar-refractivity contribution in [2.75, 3.05) is 7.11 Å². The molecule has 0 N–H and O–H groups in total. The SMILES string of the molecule is COc1ccc(C2=C/C(=C\c3cccc(OC(C)=O)c3)C(=O)O2)cc1. The molecule has 5 nitrogen and oxygen atoms in total. The fourth-order valence-electron chi connectivity index (χ4n) is 2.40. The van der Waals surface area contributed by atoms with Crippen molar-refractivity contribution >= 4 is 23.8 Å². The van der Waals surface area contributed by atoms with Gasteiger partial charge in [0.1, 0.15) is 17.3 Å². The Morgan fingerprint density at radius 1 is 1.08 bits per heavy atom. The number of hydrogen-bond donors (Lipinski definition) is 0. The maximum absolute atomic E-state index is 12.1. The molecule has 0 unspecified atom stereocenters. The zero-order chi connectivity index (χ0) is 17.8. The second-order valence-corrected chi connectivity index (χ2v) is 5.39. The third-order valence-electron chi connectivity index (χ3n) is 3.54. The summed E-state index contributed by atoms with van der Waals surface area (Å²) in [4.78, 5) is 23.1. The van der Waals surface area contributed by atoms with Gasteiger partial charge in [0.05, 0.1) is 12.7 Å². The van der Waals surface area contributed by atoms with E-state index < -0.39 is 11.9 Å². The van der Waals surface area contributed by atoms with Gasteiger partial charge in [-0.05, 0) is 54.1 Å². The van der Waals surface area contributed by atoms with Crippen molar-refractivity contribution in [1.82, 2.24) is 0 Å². The first-order valence-electron chi connectivity index (χ1n) is 7.63. The molecule has 5 heteroatoms. The molecule has 25 heavy (non-hydrogen) atoms. The van der Waals surface area contributed by atoms with E-state index in [0.29, 0.717) is 17.1 Å². The highest BCUT2D eigenvalue weighted by atomic mass is 16.5. The third-order valence-corrected chi connectivity index (χ3v) is 3.54. The topological polar surface area (TPSA) is 61.8 Å². The van der Waals surface area contributed by atoms with Gasteiger partial charge in [-0.1, -0.05) is 12.1 Å². The van der Waals surface area contributed by atoms with Gasteiger partial charge in [-0.15, -0.1) is 0 Å². The number of carbonyl (C=O) groups excluding carboxylic acids is 2. The van der Waals surface area contributed by atoms with Gasteiger partial charge in [0.15, 0.2) is 0 Å². The Labute approximate surface area is 145 Å². The number of hydrogen-bond acceptors (Lipinski definition) is 5. The van der Waals surface area contributed by atoms with E-state index in [1.165, 1.54) is 6.92 Å². The number of carbonyl (C=O) groups is 2. The van der Waals surface area contributed by atoms with E-state index in [2.05, 4.69) is 0 Å². The highest BCUT2D eigenvalue weighted by Crippen LogP contribution is 2.29. The minimum atomic E-state index is -0.427. The van der Waals surface area contributed by atoms with Crippen LogP contribution in [0.5, 0.6) is 11.5 Å². The molecule has 0 fully saturated rings. The lowest BCUT2D eigenvalue weighted by molar-refractivity contribution is -0.132. The summed E-state index contributed by atoms with van der Waals surface area (Å²) in [6.07, 6.45) is 3.37. The van der Waals surface area contributed by atoms with Crippen LogP contribution in [-0.2, 0) is 14.3 Å². The maximum atomic E-state index is 12.1. The van der Waals surface area contributed by atoms with Crippen molar-refractivity contribution in [2.45, 2.75) is 6.92 Å². The predicted octanol–water partition coefficient (Wildman–Crippen LogP) is 3.60. The number of cyclic esters (lactones) is 1. The highest BCUT2D eigenvalue weighted by Gasteiger charge is 2.22. The van der Waals surface area contributed by atoms with Crippen LogP contribution in [-0.4, -0.2) is 19.0 Å². The summed E-state index contributed by atoms with van der Waals surface area (Å²) >= 11 is 0. The van der Waals surface area contributed by atoms with Crippen molar-refractivity contribution in [3.8, 4) is 11.5 Å². The molecule has 0 spiro atoms. The molecule has 0 aliphatic carbocycles.